The van der Waals surface area contributed by atoms with E-state index in [4.69, 9.17) is 5.26 Å². The quantitative estimate of drug-likeness (QED) is 0.675. The van der Waals surface area contributed by atoms with E-state index in [0.29, 0.717) is 0 Å². The van der Waals surface area contributed by atoms with Crippen molar-refractivity contribution in [2.45, 2.75) is 37.8 Å². The molecule has 0 N–H and O–H groups in total. The molecule has 0 aromatic rings. The maximum Gasteiger partial charge on any atom is 0.0703 e. The van der Waals surface area contributed by atoms with Crippen molar-refractivity contribution < 1.29 is 0 Å². The van der Waals surface area contributed by atoms with Gasteiger partial charge in [0.2, 0.25) is 0 Å². The maximum absolute atomic E-state index is 9.15. The molecular weight excluding hydrogens is 186 g/mol. The molecule has 3 nitrogen and oxygen atoms in total. The summed E-state index contributed by atoms with van der Waals surface area (Å²) in [6.07, 6.45) is 4.96. The zero-order chi connectivity index (χ0) is 10.5. The van der Waals surface area contributed by atoms with E-state index >= 15 is 0 Å². The van der Waals surface area contributed by atoms with Crippen LogP contribution in [0, 0.1) is 16.7 Å². The predicted molar refractivity (Wildman–Crippen MR) is 58.3 cm³/mol. The zero-order valence-electron chi connectivity index (χ0n) is 9.45. The molecule has 1 aliphatic carbocycles. The monoisotopic (exact) mass is 205 g/mol. The smallest absolute Gasteiger partial charge is 0.0703 e. The number of nitrogens with zero attached hydrogens (tertiary/aromatic N) is 3. The summed E-state index contributed by atoms with van der Waals surface area (Å²) in [5.41, 5.74) is 0.0523. The molecule has 1 saturated carbocycles. The van der Waals surface area contributed by atoms with Gasteiger partial charge in [0, 0.05) is 31.7 Å². The van der Waals surface area contributed by atoms with Crippen molar-refractivity contribution in [1.82, 2.24) is 9.80 Å². The maximum atomic E-state index is 9.15. The predicted octanol–water partition coefficient (Wildman–Crippen LogP) is 1.07. The van der Waals surface area contributed by atoms with Crippen molar-refractivity contribution in [3.63, 3.8) is 0 Å². The van der Waals surface area contributed by atoms with E-state index in [0.717, 1.165) is 31.5 Å². The highest BCUT2D eigenvalue weighted by molar-refractivity contribution is 5.13. The third kappa shape index (κ3) is 1.56. The van der Waals surface area contributed by atoms with Gasteiger partial charge in [0.25, 0.3) is 0 Å². The van der Waals surface area contributed by atoms with Gasteiger partial charge in [-0.05, 0) is 32.7 Å². The molecule has 3 fully saturated rings. The van der Waals surface area contributed by atoms with Crippen molar-refractivity contribution in [3.05, 3.63) is 0 Å². The van der Waals surface area contributed by atoms with Crippen molar-refractivity contribution in [3.8, 4) is 6.07 Å². The second kappa shape index (κ2) is 3.20. The van der Waals surface area contributed by atoms with Crippen LogP contribution in [0.2, 0.25) is 0 Å². The van der Waals surface area contributed by atoms with E-state index in [1.165, 1.54) is 25.9 Å². The summed E-state index contributed by atoms with van der Waals surface area (Å²) in [6, 6.07) is 4.00. The molecule has 3 rings (SSSR count). The number of rotatable bonds is 2. The molecule has 3 aliphatic rings. The lowest BCUT2D eigenvalue weighted by Gasteiger charge is -2.40. The van der Waals surface area contributed by atoms with Crippen LogP contribution in [0.15, 0.2) is 0 Å². The third-order valence-electron chi connectivity index (χ3n) is 4.39. The van der Waals surface area contributed by atoms with Crippen LogP contribution in [0.1, 0.15) is 25.7 Å². The molecular formula is C12H19N3. The summed E-state index contributed by atoms with van der Waals surface area (Å²) < 4.78 is 0. The molecule has 2 bridgehead atoms. The molecule has 0 aromatic heterocycles. The SMILES string of the molecule is CN1CC2CCC(C1)N2CC1(C#N)CC1. The van der Waals surface area contributed by atoms with Crippen LogP contribution in [-0.4, -0.2) is 48.6 Å². The molecule has 0 amide bonds. The average molecular weight is 205 g/mol. The van der Waals surface area contributed by atoms with Crippen LogP contribution in [0.3, 0.4) is 0 Å². The third-order valence-corrected chi connectivity index (χ3v) is 4.39. The Morgan fingerprint density at radius 1 is 1.27 bits per heavy atom. The van der Waals surface area contributed by atoms with E-state index in [1.54, 1.807) is 0 Å². The Labute approximate surface area is 91.6 Å². The average Bonchev–Trinajstić information content (AvgIpc) is 2.94. The fraction of sp³-hybridized carbons (Fsp3) is 0.917. The fourth-order valence-electron chi connectivity index (χ4n) is 3.26. The van der Waals surface area contributed by atoms with E-state index < -0.39 is 0 Å². The first-order chi connectivity index (χ1) is 7.22. The molecule has 2 heterocycles. The van der Waals surface area contributed by atoms with Crippen molar-refractivity contribution >= 4 is 0 Å². The summed E-state index contributed by atoms with van der Waals surface area (Å²) in [5, 5.41) is 9.15. The van der Waals surface area contributed by atoms with Gasteiger partial charge in [-0.25, -0.2) is 0 Å². The summed E-state index contributed by atoms with van der Waals surface area (Å²) in [4.78, 5) is 5.08. The Kier molecular flexibility index (Phi) is 2.05. The number of likely N-dealkylation sites (N-methyl/N-ethyl adjacent to an activating group) is 1. The molecule has 0 aromatic carbocycles. The molecule has 2 saturated heterocycles. The normalized spacial score (nSPS) is 38.9. The minimum absolute atomic E-state index is 0.0523. The van der Waals surface area contributed by atoms with Crippen LogP contribution >= 0.6 is 0 Å². The second-order valence-electron chi connectivity index (χ2n) is 5.67. The number of hydrogen-bond donors (Lipinski definition) is 0. The van der Waals surface area contributed by atoms with Gasteiger partial charge < -0.3 is 4.90 Å². The van der Waals surface area contributed by atoms with Crippen LogP contribution in [0.5, 0.6) is 0 Å². The van der Waals surface area contributed by atoms with Crippen molar-refractivity contribution in [1.29, 1.82) is 5.26 Å². The lowest BCUT2D eigenvalue weighted by atomic mass is 10.1. The van der Waals surface area contributed by atoms with E-state index in [1.807, 2.05) is 0 Å². The lowest BCUT2D eigenvalue weighted by Crippen LogP contribution is -2.53. The fourth-order valence-corrected chi connectivity index (χ4v) is 3.26. The number of fused-ring (bicyclic) bond motifs is 2. The van der Waals surface area contributed by atoms with Gasteiger partial charge >= 0.3 is 0 Å². The highest BCUT2D eigenvalue weighted by Crippen LogP contribution is 2.47. The molecule has 0 spiro atoms. The lowest BCUT2D eigenvalue weighted by molar-refractivity contribution is 0.0712. The molecule has 82 valence electrons. The summed E-state index contributed by atoms with van der Waals surface area (Å²) in [5.74, 6) is 0. The van der Waals surface area contributed by atoms with E-state index in [-0.39, 0.29) is 5.41 Å². The van der Waals surface area contributed by atoms with Crippen molar-refractivity contribution in [2.24, 2.45) is 5.41 Å². The van der Waals surface area contributed by atoms with Gasteiger partial charge in [0.05, 0.1) is 11.5 Å². The van der Waals surface area contributed by atoms with Crippen LogP contribution in [0.4, 0.5) is 0 Å². The first-order valence-electron chi connectivity index (χ1n) is 6.08. The Balaban J connectivity index is 1.70. The Bertz CT molecular complexity index is 288. The van der Waals surface area contributed by atoms with Gasteiger partial charge in [-0.3, -0.25) is 4.90 Å². The molecule has 2 aliphatic heterocycles. The second-order valence-corrected chi connectivity index (χ2v) is 5.67. The van der Waals surface area contributed by atoms with E-state index in [9.17, 15) is 0 Å². The number of nitriles is 1. The van der Waals surface area contributed by atoms with Crippen LogP contribution in [-0.2, 0) is 0 Å². The highest BCUT2D eigenvalue weighted by Gasteiger charge is 2.49. The van der Waals surface area contributed by atoms with Gasteiger partial charge in [-0.1, -0.05) is 0 Å². The Morgan fingerprint density at radius 3 is 2.33 bits per heavy atom. The summed E-state index contributed by atoms with van der Waals surface area (Å²) in [6.45, 7) is 3.46. The minimum atomic E-state index is 0.0523. The number of piperazine rings is 1. The van der Waals surface area contributed by atoms with Crippen molar-refractivity contribution in [2.75, 3.05) is 26.7 Å². The standard InChI is InChI=1S/C12H19N3/c1-14-6-10-2-3-11(7-14)15(10)9-12(8-13)4-5-12/h10-11H,2-7,9H2,1H3. The highest BCUT2D eigenvalue weighted by atomic mass is 15.3. The van der Waals surface area contributed by atoms with Gasteiger partial charge in [0.15, 0.2) is 0 Å². The summed E-state index contributed by atoms with van der Waals surface area (Å²) >= 11 is 0. The number of likely N-dealkylation sites (tertiary alicyclic amines) is 1. The van der Waals surface area contributed by atoms with Crippen LogP contribution < -0.4 is 0 Å². The van der Waals surface area contributed by atoms with Gasteiger partial charge in [-0.2, -0.15) is 5.26 Å². The zero-order valence-corrected chi connectivity index (χ0v) is 9.45. The first kappa shape index (κ1) is 9.62. The Morgan fingerprint density at radius 2 is 1.87 bits per heavy atom. The van der Waals surface area contributed by atoms with Crippen LogP contribution in [0.25, 0.3) is 0 Å². The molecule has 2 atom stereocenters. The number of hydrogen-bond acceptors (Lipinski definition) is 3. The minimum Gasteiger partial charge on any atom is -0.303 e. The van der Waals surface area contributed by atoms with Gasteiger partial charge in [0.1, 0.15) is 0 Å². The summed E-state index contributed by atoms with van der Waals surface area (Å²) in [7, 11) is 2.22. The molecule has 3 heteroatoms. The van der Waals surface area contributed by atoms with E-state index in [2.05, 4.69) is 22.9 Å². The van der Waals surface area contributed by atoms with Gasteiger partial charge in [-0.15, -0.1) is 0 Å². The molecule has 2 unspecified atom stereocenters. The first-order valence-corrected chi connectivity index (χ1v) is 6.08. The largest absolute Gasteiger partial charge is 0.303 e. The molecule has 15 heavy (non-hydrogen) atoms. The molecule has 0 radical (unpaired) electrons. The Hall–Kier alpha value is -0.590. The topological polar surface area (TPSA) is 30.3 Å².